The number of nitrogens with one attached hydrogen (secondary N) is 1. The van der Waals surface area contributed by atoms with E-state index < -0.39 is 15.5 Å². The molecule has 3 N–H and O–H groups in total. The Morgan fingerprint density at radius 2 is 2.06 bits per heavy atom. The zero-order chi connectivity index (χ0) is 13.7. The zero-order valence-corrected chi connectivity index (χ0v) is 9.59. The molecule has 0 heterocycles. The average molecular weight is 269 g/mol. The van der Waals surface area contributed by atoms with Gasteiger partial charge >= 0.3 is 0 Å². The number of hydrazone groups is 1. The average Bonchev–Trinajstić information content (AvgIpc) is 2.28. The number of thiocarbonyl (C=S) groups is 1. The van der Waals surface area contributed by atoms with E-state index in [-0.39, 0.29) is 16.4 Å². The van der Waals surface area contributed by atoms with E-state index in [9.17, 15) is 20.2 Å². The molecule has 0 amide bonds. The first-order valence-electron chi connectivity index (χ1n) is 4.43. The van der Waals surface area contributed by atoms with Crippen molar-refractivity contribution in [1.29, 1.82) is 0 Å². The summed E-state index contributed by atoms with van der Waals surface area (Å²) in [6.07, 6.45) is 1.10. The second-order valence-electron chi connectivity index (χ2n) is 2.99. The third-order valence-corrected chi connectivity index (χ3v) is 1.89. The predicted molar refractivity (Wildman–Crippen MR) is 67.3 cm³/mol. The van der Waals surface area contributed by atoms with Crippen molar-refractivity contribution in [2.75, 3.05) is 0 Å². The van der Waals surface area contributed by atoms with Crippen LogP contribution in [0.25, 0.3) is 0 Å². The molecule has 0 atom stereocenters. The summed E-state index contributed by atoms with van der Waals surface area (Å²) in [5, 5.41) is 24.7. The number of benzene rings is 1. The zero-order valence-electron chi connectivity index (χ0n) is 8.77. The number of nitrogens with zero attached hydrogens (tertiary/aromatic N) is 3. The minimum Gasteiger partial charge on any atom is -0.375 e. The summed E-state index contributed by atoms with van der Waals surface area (Å²) in [6.45, 7) is 0. The summed E-state index contributed by atoms with van der Waals surface area (Å²) < 4.78 is 0. The summed E-state index contributed by atoms with van der Waals surface area (Å²) in [5.41, 5.74) is 6.61. The van der Waals surface area contributed by atoms with Crippen molar-refractivity contribution < 1.29 is 9.85 Å². The van der Waals surface area contributed by atoms with Gasteiger partial charge in [-0.15, -0.1) is 0 Å². The van der Waals surface area contributed by atoms with E-state index in [2.05, 4.69) is 22.7 Å². The van der Waals surface area contributed by atoms with Crippen LogP contribution in [-0.2, 0) is 0 Å². The first-order chi connectivity index (χ1) is 8.41. The SMILES string of the molecule is NC(=S)N/N=C/c1ccc([N+](=O)[O-])cc1[N+](=O)[O-]. The molecule has 0 saturated heterocycles. The molecule has 0 bridgehead atoms. The lowest BCUT2D eigenvalue weighted by Crippen LogP contribution is -2.24. The maximum Gasteiger partial charge on any atom is 0.285 e. The fourth-order valence-electron chi connectivity index (χ4n) is 1.08. The highest BCUT2D eigenvalue weighted by Crippen LogP contribution is 2.23. The number of hydrogen-bond donors (Lipinski definition) is 2. The molecule has 18 heavy (non-hydrogen) atoms. The Kier molecular flexibility index (Phi) is 4.21. The Morgan fingerprint density at radius 1 is 1.39 bits per heavy atom. The Bertz CT molecular complexity index is 544. The van der Waals surface area contributed by atoms with Crippen molar-refractivity contribution in [3.8, 4) is 0 Å². The van der Waals surface area contributed by atoms with Gasteiger partial charge in [-0.3, -0.25) is 25.7 Å². The number of nitro groups is 2. The normalized spacial score (nSPS) is 10.2. The lowest BCUT2D eigenvalue weighted by Gasteiger charge is -1.98. The molecule has 1 rings (SSSR count). The van der Waals surface area contributed by atoms with E-state index >= 15 is 0 Å². The van der Waals surface area contributed by atoms with E-state index in [4.69, 9.17) is 5.73 Å². The Balaban J connectivity index is 3.12. The topological polar surface area (TPSA) is 137 Å². The van der Waals surface area contributed by atoms with Crippen LogP contribution >= 0.6 is 12.2 Å². The molecule has 0 saturated carbocycles. The fourth-order valence-corrected chi connectivity index (χ4v) is 1.13. The molecule has 1 aromatic rings. The number of hydrogen-bond acceptors (Lipinski definition) is 6. The van der Waals surface area contributed by atoms with Crippen molar-refractivity contribution >= 4 is 34.9 Å². The van der Waals surface area contributed by atoms with Gasteiger partial charge in [0.05, 0.1) is 27.7 Å². The van der Waals surface area contributed by atoms with Crippen LogP contribution in [0.5, 0.6) is 0 Å². The Hall–Kier alpha value is -2.62. The highest BCUT2D eigenvalue weighted by atomic mass is 32.1. The standard InChI is InChI=1S/C8H7N5O4S/c9-8(18)11-10-4-5-1-2-6(12(14)15)3-7(5)13(16)17/h1-4H,(H3,9,11,18)/b10-4+. The molecule has 10 heteroatoms. The number of rotatable bonds is 4. The molecule has 94 valence electrons. The van der Waals surface area contributed by atoms with Gasteiger partial charge in [-0.05, 0) is 18.3 Å². The van der Waals surface area contributed by atoms with Gasteiger partial charge in [0.1, 0.15) is 0 Å². The van der Waals surface area contributed by atoms with Crippen molar-refractivity contribution in [3.63, 3.8) is 0 Å². The molecule has 0 unspecified atom stereocenters. The molecule has 0 radical (unpaired) electrons. The van der Waals surface area contributed by atoms with Crippen LogP contribution < -0.4 is 11.2 Å². The first-order valence-corrected chi connectivity index (χ1v) is 4.84. The highest BCUT2D eigenvalue weighted by molar-refractivity contribution is 7.80. The molecule has 1 aromatic carbocycles. The van der Waals surface area contributed by atoms with Crippen molar-refractivity contribution in [1.82, 2.24) is 5.43 Å². The van der Waals surface area contributed by atoms with Gasteiger partial charge in [0, 0.05) is 6.07 Å². The van der Waals surface area contributed by atoms with E-state index in [1.165, 1.54) is 6.07 Å². The van der Waals surface area contributed by atoms with Gasteiger partial charge in [0.25, 0.3) is 11.4 Å². The van der Waals surface area contributed by atoms with Crippen molar-refractivity contribution in [2.45, 2.75) is 0 Å². The minimum absolute atomic E-state index is 0.0920. The molecule has 9 nitrogen and oxygen atoms in total. The molecular formula is C8H7N5O4S. The molecule has 0 aliphatic rings. The van der Waals surface area contributed by atoms with Gasteiger partial charge in [-0.2, -0.15) is 5.10 Å². The van der Waals surface area contributed by atoms with Crippen LogP contribution in [0.15, 0.2) is 23.3 Å². The van der Waals surface area contributed by atoms with Gasteiger partial charge in [-0.25, -0.2) is 0 Å². The predicted octanol–water partition coefficient (Wildman–Crippen LogP) is 0.670. The van der Waals surface area contributed by atoms with Crippen LogP contribution in [-0.4, -0.2) is 21.2 Å². The quantitative estimate of drug-likeness (QED) is 0.354. The molecule has 0 fully saturated rings. The largest absolute Gasteiger partial charge is 0.375 e. The molecule has 0 spiro atoms. The number of nitro benzene ring substituents is 2. The van der Waals surface area contributed by atoms with Gasteiger partial charge in [0.15, 0.2) is 5.11 Å². The first kappa shape index (κ1) is 13.4. The van der Waals surface area contributed by atoms with Gasteiger partial charge < -0.3 is 5.73 Å². The van der Waals surface area contributed by atoms with Crippen LogP contribution in [0.2, 0.25) is 0 Å². The van der Waals surface area contributed by atoms with Crippen molar-refractivity contribution in [3.05, 3.63) is 44.0 Å². The lowest BCUT2D eigenvalue weighted by atomic mass is 10.2. The smallest absolute Gasteiger partial charge is 0.285 e. The summed E-state index contributed by atoms with van der Waals surface area (Å²) >= 11 is 4.48. The monoisotopic (exact) mass is 269 g/mol. The van der Waals surface area contributed by atoms with Gasteiger partial charge in [-0.1, -0.05) is 0 Å². The van der Waals surface area contributed by atoms with E-state index in [1.54, 1.807) is 0 Å². The van der Waals surface area contributed by atoms with E-state index in [1.807, 2.05) is 0 Å². The molecular weight excluding hydrogens is 262 g/mol. The van der Waals surface area contributed by atoms with Gasteiger partial charge in [0.2, 0.25) is 0 Å². The Morgan fingerprint density at radius 3 is 2.56 bits per heavy atom. The van der Waals surface area contributed by atoms with Crippen LogP contribution in [0.1, 0.15) is 5.56 Å². The van der Waals surface area contributed by atoms with Crippen molar-refractivity contribution in [2.24, 2.45) is 10.8 Å². The second-order valence-corrected chi connectivity index (χ2v) is 3.43. The Labute approximate surface area is 106 Å². The third-order valence-electron chi connectivity index (χ3n) is 1.80. The van der Waals surface area contributed by atoms with Crippen LogP contribution in [0.4, 0.5) is 11.4 Å². The number of nitrogens with two attached hydrogens (primary N) is 1. The summed E-state index contributed by atoms with van der Waals surface area (Å²) in [6, 6.07) is 3.19. The summed E-state index contributed by atoms with van der Waals surface area (Å²) in [7, 11) is 0. The maximum absolute atomic E-state index is 10.7. The number of non-ortho nitro benzene ring substituents is 1. The van der Waals surface area contributed by atoms with Crippen LogP contribution in [0.3, 0.4) is 0 Å². The fraction of sp³-hybridized carbons (Fsp3) is 0. The van der Waals surface area contributed by atoms with E-state index in [0.29, 0.717) is 0 Å². The minimum atomic E-state index is -0.741. The molecule has 0 aliphatic heterocycles. The molecule has 0 aromatic heterocycles. The summed E-state index contributed by atoms with van der Waals surface area (Å²) in [4.78, 5) is 19.8. The lowest BCUT2D eigenvalue weighted by molar-refractivity contribution is -0.394. The highest BCUT2D eigenvalue weighted by Gasteiger charge is 2.18. The van der Waals surface area contributed by atoms with Crippen LogP contribution in [0, 0.1) is 20.2 Å². The third kappa shape index (κ3) is 3.45. The maximum atomic E-state index is 10.7. The summed E-state index contributed by atoms with van der Waals surface area (Å²) in [5.74, 6) is 0. The molecule has 0 aliphatic carbocycles. The second kappa shape index (κ2) is 5.63. The van der Waals surface area contributed by atoms with E-state index in [0.717, 1.165) is 18.3 Å².